The molecule has 0 spiro atoms. The Bertz CT molecular complexity index is 421. The molecule has 1 heterocycles. The molecule has 1 aromatic rings. The molecule has 1 aromatic carbocycles. The molecular formula is C16H23NO2. The van der Waals surface area contributed by atoms with E-state index in [1.807, 2.05) is 0 Å². The number of hydrogen-bond donors (Lipinski definition) is 1. The highest BCUT2D eigenvalue weighted by Crippen LogP contribution is 2.33. The molecule has 2 aliphatic rings. The van der Waals surface area contributed by atoms with Gasteiger partial charge < -0.3 is 15.2 Å². The second kappa shape index (κ2) is 6.04. The number of nitrogens with two attached hydrogens (primary N) is 1. The number of hydrogen-bond acceptors (Lipinski definition) is 3. The van der Waals surface area contributed by atoms with Crippen LogP contribution in [0.4, 0.5) is 0 Å². The van der Waals surface area contributed by atoms with Gasteiger partial charge in [0.2, 0.25) is 0 Å². The third-order valence-electron chi connectivity index (χ3n) is 4.26. The van der Waals surface area contributed by atoms with Crippen LogP contribution in [0.1, 0.15) is 42.9 Å². The van der Waals surface area contributed by atoms with Gasteiger partial charge in [0.05, 0.1) is 24.9 Å². The minimum Gasteiger partial charge on any atom is -0.371 e. The second-order valence-corrected chi connectivity index (χ2v) is 5.61. The lowest BCUT2D eigenvalue weighted by atomic mass is 9.89. The fraction of sp³-hybridized carbons (Fsp3) is 0.625. The lowest BCUT2D eigenvalue weighted by molar-refractivity contribution is -0.0448. The van der Waals surface area contributed by atoms with Crippen LogP contribution in [0.3, 0.4) is 0 Å². The molecule has 0 saturated carbocycles. The first kappa shape index (κ1) is 13.1. The molecule has 0 aromatic heterocycles. The van der Waals surface area contributed by atoms with Gasteiger partial charge in [-0.25, -0.2) is 0 Å². The summed E-state index contributed by atoms with van der Waals surface area (Å²) >= 11 is 0. The summed E-state index contributed by atoms with van der Waals surface area (Å²) in [6.45, 7) is 1.33. The molecule has 1 fully saturated rings. The van der Waals surface area contributed by atoms with E-state index in [1.165, 1.54) is 24.0 Å². The molecule has 0 radical (unpaired) electrons. The first-order chi connectivity index (χ1) is 9.36. The quantitative estimate of drug-likeness (QED) is 0.906. The molecule has 0 bridgehead atoms. The molecule has 3 unspecified atom stereocenters. The molecule has 0 amide bonds. The molecule has 104 valence electrons. The van der Waals surface area contributed by atoms with Crippen LogP contribution in [0.5, 0.6) is 0 Å². The minimum absolute atomic E-state index is 0.239. The van der Waals surface area contributed by atoms with Gasteiger partial charge in [-0.2, -0.15) is 0 Å². The monoisotopic (exact) mass is 261 g/mol. The Hall–Kier alpha value is -0.900. The molecule has 3 atom stereocenters. The predicted octanol–water partition coefficient (Wildman–Crippen LogP) is 2.59. The fourth-order valence-electron chi connectivity index (χ4n) is 3.18. The van der Waals surface area contributed by atoms with E-state index in [0.717, 1.165) is 19.3 Å². The van der Waals surface area contributed by atoms with Crippen molar-refractivity contribution in [1.82, 2.24) is 0 Å². The van der Waals surface area contributed by atoms with Crippen molar-refractivity contribution in [3.8, 4) is 0 Å². The van der Waals surface area contributed by atoms with E-state index in [1.54, 1.807) is 0 Å². The molecule has 1 aliphatic heterocycles. The zero-order valence-corrected chi connectivity index (χ0v) is 11.4. The second-order valence-electron chi connectivity index (χ2n) is 5.61. The average molecular weight is 261 g/mol. The minimum atomic E-state index is 0.239. The van der Waals surface area contributed by atoms with Gasteiger partial charge in [0.25, 0.3) is 0 Å². The van der Waals surface area contributed by atoms with E-state index in [-0.39, 0.29) is 18.3 Å². The number of aryl methyl sites for hydroxylation is 1. The van der Waals surface area contributed by atoms with E-state index in [2.05, 4.69) is 24.3 Å². The van der Waals surface area contributed by atoms with Crippen molar-refractivity contribution >= 4 is 0 Å². The van der Waals surface area contributed by atoms with Crippen LogP contribution < -0.4 is 5.73 Å². The van der Waals surface area contributed by atoms with Crippen LogP contribution in [0.2, 0.25) is 0 Å². The lowest BCUT2D eigenvalue weighted by Crippen LogP contribution is -2.24. The van der Waals surface area contributed by atoms with E-state index in [9.17, 15) is 0 Å². The first-order valence-electron chi connectivity index (χ1n) is 7.41. The normalized spacial score (nSPS) is 30.3. The summed E-state index contributed by atoms with van der Waals surface area (Å²) in [4.78, 5) is 0. The van der Waals surface area contributed by atoms with Crippen LogP contribution >= 0.6 is 0 Å². The Morgan fingerprint density at radius 1 is 1.16 bits per heavy atom. The van der Waals surface area contributed by atoms with Crippen molar-refractivity contribution in [2.24, 2.45) is 5.73 Å². The maximum atomic E-state index is 6.12. The van der Waals surface area contributed by atoms with Crippen molar-refractivity contribution in [3.63, 3.8) is 0 Å². The summed E-state index contributed by atoms with van der Waals surface area (Å²) in [7, 11) is 0. The van der Waals surface area contributed by atoms with Gasteiger partial charge in [-0.3, -0.25) is 0 Å². The van der Waals surface area contributed by atoms with E-state index < -0.39 is 0 Å². The molecule has 1 aliphatic carbocycles. The van der Waals surface area contributed by atoms with Crippen LogP contribution in [0, 0.1) is 0 Å². The SMILES string of the molecule is NCC1CCC(COC2CCCc3ccccc32)O1. The van der Waals surface area contributed by atoms with Gasteiger partial charge in [0, 0.05) is 6.54 Å². The maximum absolute atomic E-state index is 6.12. The number of fused-ring (bicyclic) bond motifs is 1. The number of rotatable bonds is 4. The van der Waals surface area contributed by atoms with Crippen molar-refractivity contribution in [1.29, 1.82) is 0 Å². The van der Waals surface area contributed by atoms with Gasteiger partial charge in [-0.15, -0.1) is 0 Å². The van der Waals surface area contributed by atoms with Crippen LogP contribution in [0.25, 0.3) is 0 Å². The highest BCUT2D eigenvalue weighted by atomic mass is 16.5. The Morgan fingerprint density at radius 3 is 2.84 bits per heavy atom. The summed E-state index contributed by atoms with van der Waals surface area (Å²) in [5, 5.41) is 0. The van der Waals surface area contributed by atoms with E-state index in [0.29, 0.717) is 13.2 Å². The molecule has 1 saturated heterocycles. The molecule has 3 rings (SSSR count). The van der Waals surface area contributed by atoms with Gasteiger partial charge in [-0.05, 0) is 43.2 Å². The molecule has 3 heteroatoms. The van der Waals surface area contributed by atoms with E-state index in [4.69, 9.17) is 15.2 Å². The molecule has 19 heavy (non-hydrogen) atoms. The van der Waals surface area contributed by atoms with E-state index >= 15 is 0 Å². The molecular weight excluding hydrogens is 238 g/mol. The number of benzene rings is 1. The zero-order valence-electron chi connectivity index (χ0n) is 11.4. The largest absolute Gasteiger partial charge is 0.371 e. The third kappa shape index (κ3) is 2.99. The summed E-state index contributed by atoms with van der Waals surface area (Å²) in [5.41, 5.74) is 8.46. The predicted molar refractivity (Wildman–Crippen MR) is 75.0 cm³/mol. The van der Waals surface area contributed by atoms with Gasteiger partial charge >= 0.3 is 0 Å². The third-order valence-corrected chi connectivity index (χ3v) is 4.26. The Morgan fingerprint density at radius 2 is 2.00 bits per heavy atom. The van der Waals surface area contributed by atoms with Gasteiger partial charge in [0.15, 0.2) is 0 Å². The summed E-state index contributed by atoms with van der Waals surface area (Å²) in [6, 6.07) is 8.66. The Labute approximate surface area is 115 Å². The zero-order chi connectivity index (χ0) is 13.1. The first-order valence-corrected chi connectivity index (χ1v) is 7.41. The molecule has 3 nitrogen and oxygen atoms in total. The maximum Gasteiger partial charge on any atom is 0.0829 e. The topological polar surface area (TPSA) is 44.5 Å². The summed E-state index contributed by atoms with van der Waals surface area (Å²) < 4.78 is 12.0. The van der Waals surface area contributed by atoms with Gasteiger partial charge in [0.1, 0.15) is 0 Å². The van der Waals surface area contributed by atoms with Crippen molar-refractivity contribution in [2.45, 2.75) is 50.4 Å². The average Bonchev–Trinajstić information content (AvgIpc) is 2.93. The fourth-order valence-corrected chi connectivity index (χ4v) is 3.18. The molecule has 2 N–H and O–H groups in total. The van der Waals surface area contributed by atoms with Crippen LogP contribution in [0.15, 0.2) is 24.3 Å². The Balaban J connectivity index is 1.57. The smallest absolute Gasteiger partial charge is 0.0829 e. The van der Waals surface area contributed by atoms with Crippen molar-refractivity contribution in [3.05, 3.63) is 35.4 Å². The summed E-state index contributed by atoms with van der Waals surface area (Å²) in [6.07, 6.45) is 6.43. The van der Waals surface area contributed by atoms with Gasteiger partial charge in [-0.1, -0.05) is 24.3 Å². The van der Waals surface area contributed by atoms with Crippen molar-refractivity contribution in [2.75, 3.05) is 13.2 Å². The van der Waals surface area contributed by atoms with Crippen LogP contribution in [-0.2, 0) is 15.9 Å². The highest BCUT2D eigenvalue weighted by molar-refractivity contribution is 5.31. The highest BCUT2D eigenvalue weighted by Gasteiger charge is 2.26. The van der Waals surface area contributed by atoms with Crippen molar-refractivity contribution < 1.29 is 9.47 Å². The Kier molecular flexibility index (Phi) is 4.16. The number of ether oxygens (including phenoxy) is 2. The standard InChI is InChI=1S/C16H23NO2/c17-10-13-8-9-14(19-13)11-18-16-7-3-5-12-4-1-2-6-15(12)16/h1-2,4,6,13-14,16H,3,5,7-11,17H2. The summed E-state index contributed by atoms with van der Waals surface area (Å²) in [5.74, 6) is 0. The lowest BCUT2D eigenvalue weighted by Gasteiger charge is -2.26. The van der Waals surface area contributed by atoms with Crippen LogP contribution in [-0.4, -0.2) is 25.4 Å².